The summed E-state index contributed by atoms with van der Waals surface area (Å²) in [6, 6.07) is 6.04. The van der Waals surface area contributed by atoms with Crippen LogP contribution in [0, 0.1) is 0 Å². The molecule has 0 amide bonds. The Morgan fingerprint density at radius 2 is 2.28 bits per heavy atom. The van der Waals surface area contributed by atoms with Crippen molar-refractivity contribution < 1.29 is 0 Å². The molecule has 0 aliphatic carbocycles. The minimum absolute atomic E-state index is 0.0881. The van der Waals surface area contributed by atoms with Crippen molar-refractivity contribution in [3.05, 3.63) is 42.5 Å². The van der Waals surface area contributed by atoms with E-state index in [1.54, 1.807) is 16.4 Å². The fourth-order valence-electron chi connectivity index (χ4n) is 1.73. The summed E-state index contributed by atoms with van der Waals surface area (Å²) in [4.78, 5) is 5.55. The normalized spacial score (nSPS) is 14.4. The molecule has 18 heavy (non-hydrogen) atoms. The smallest absolute Gasteiger partial charge is 0.0669 e. The quantitative estimate of drug-likeness (QED) is 0.841. The van der Waals surface area contributed by atoms with Crippen LogP contribution in [0.4, 0.5) is 0 Å². The van der Waals surface area contributed by atoms with Crippen LogP contribution in [0.3, 0.4) is 0 Å². The summed E-state index contributed by atoms with van der Waals surface area (Å²) >= 11 is 1.72. The van der Waals surface area contributed by atoms with Crippen LogP contribution in [-0.4, -0.2) is 20.8 Å². The number of aromatic nitrogens is 3. The molecule has 2 N–H and O–H groups in total. The van der Waals surface area contributed by atoms with E-state index in [1.807, 2.05) is 43.8 Å². The molecule has 2 unspecified atom stereocenters. The molecule has 2 rings (SSSR count). The summed E-state index contributed by atoms with van der Waals surface area (Å²) in [6.45, 7) is 2.10. The van der Waals surface area contributed by atoms with Crippen LogP contribution in [0.15, 0.2) is 41.7 Å². The van der Waals surface area contributed by atoms with E-state index in [-0.39, 0.29) is 11.3 Å². The van der Waals surface area contributed by atoms with Gasteiger partial charge in [0.15, 0.2) is 0 Å². The Balaban J connectivity index is 2.21. The van der Waals surface area contributed by atoms with Gasteiger partial charge in [-0.05, 0) is 18.6 Å². The molecule has 0 aliphatic heterocycles. The van der Waals surface area contributed by atoms with E-state index < -0.39 is 0 Å². The Bertz CT molecular complexity index is 483. The number of nitrogens with zero attached hydrogens (tertiary/aromatic N) is 3. The molecule has 0 spiro atoms. The highest BCUT2D eigenvalue weighted by Gasteiger charge is 2.21. The average Bonchev–Trinajstić information content (AvgIpc) is 2.82. The highest BCUT2D eigenvalue weighted by Crippen LogP contribution is 2.36. The van der Waals surface area contributed by atoms with Crippen molar-refractivity contribution in [2.75, 3.05) is 0 Å². The maximum atomic E-state index is 6.22. The zero-order valence-corrected chi connectivity index (χ0v) is 11.5. The summed E-state index contributed by atoms with van der Waals surface area (Å²) in [5.74, 6) is 0. The summed E-state index contributed by atoms with van der Waals surface area (Å²) in [5.41, 5.74) is 7.24. The molecule has 0 aromatic carbocycles. The lowest BCUT2D eigenvalue weighted by molar-refractivity contribution is 0.624. The number of nitrogens with two attached hydrogens (primary N) is 1. The second-order valence-corrected chi connectivity index (χ2v) is 5.43. The minimum atomic E-state index is 0.0881. The van der Waals surface area contributed by atoms with Crippen LogP contribution in [0.5, 0.6) is 0 Å². The molecule has 0 aliphatic rings. The van der Waals surface area contributed by atoms with E-state index in [4.69, 9.17) is 5.73 Å². The van der Waals surface area contributed by atoms with Gasteiger partial charge in [-0.3, -0.25) is 9.67 Å². The molecule has 0 fully saturated rings. The van der Waals surface area contributed by atoms with Gasteiger partial charge >= 0.3 is 0 Å². The van der Waals surface area contributed by atoms with Crippen molar-refractivity contribution in [3.63, 3.8) is 0 Å². The second-order valence-electron chi connectivity index (χ2n) is 4.21. The van der Waals surface area contributed by atoms with Crippen molar-refractivity contribution >= 4 is 11.8 Å². The van der Waals surface area contributed by atoms with Gasteiger partial charge in [-0.25, -0.2) is 0 Å². The SMILES string of the molecule is CCC(N)C(Sc1cnn(C)c1)c1ccccn1. The average molecular weight is 262 g/mol. The predicted octanol–water partition coefficient (Wildman–Crippen LogP) is 2.39. The molecule has 0 bridgehead atoms. The number of hydrogen-bond donors (Lipinski definition) is 1. The number of rotatable bonds is 5. The van der Waals surface area contributed by atoms with Gasteiger partial charge in [0.05, 0.1) is 17.1 Å². The van der Waals surface area contributed by atoms with Crippen LogP contribution in [0.2, 0.25) is 0 Å². The first-order valence-electron chi connectivity index (χ1n) is 6.02. The van der Waals surface area contributed by atoms with E-state index in [1.165, 1.54) is 0 Å². The number of pyridine rings is 1. The lowest BCUT2D eigenvalue weighted by Gasteiger charge is -2.21. The van der Waals surface area contributed by atoms with Crippen LogP contribution in [-0.2, 0) is 7.05 Å². The van der Waals surface area contributed by atoms with Crippen LogP contribution >= 0.6 is 11.8 Å². The van der Waals surface area contributed by atoms with Gasteiger partial charge in [0, 0.05) is 30.4 Å². The first-order chi connectivity index (χ1) is 8.70. The first kappa shape index (κ1) is 13.1. The van der Waals surface area contributed by atoms with E-state index in [0.29, 0.717) is 0 Å². The third-order valence-corrected chi connectivity index (χ3v) is 4.11. The molecular formula is C13H18N4S. The zero-order valence-electron chi connectivity index (χ0n) is 10.7. The topological polar surface area (TPSA) is 56.7 Å². The van der Waals surface area contributed by atoms with Gasteiger partial charge in [-0.15, -0.1) is 11.8 Å². The van der Waals surface area contributed by atoms with E-state index in [2.05, 4.69) is 17.0 Å². The standard InChI is InChI=1S/C13H18N4S/c1-3-11(14)13(12-6-4-5-7-15-12)18-10-8-16-17(2)9-10/h4-9,11,13H,3,14H2,1-2H3. The number of hydrogen-bond acceptors (Lipinski definition) is 4. The molecule has 2 aromatic heterocycles. The minimum Gasteiger partial charge on any atom is -0.326 e. The second kappa shape index (κ2) is 6.02. The zero-order chi connectivity index (χ0) is 13.0. The number of aryl methyl sites for hydroxylation is 1. The van der Waals surface area contributed by atoms with Crippen LogP contribution in [0.25, 0.3) is 0 Å². The maximum absolute atomic E-state index is 6.22. The summed E-state index contributed by atoms with van der Waals surface area (Å²) in [6.07, 6.45) is 6.61. The fourth-order valence-corrected chi connectivity index (χ4v) is 2.97. The molecule has 5 heteroatoms. The van der Waals surface area contributed by atoms with Crippen molar-refractivity contribution in [2.45, 2.75) is 29.5 Å². The highest BCUT2D eigenvalue weighted by molar-refractivity contribution is 7.99. The Labute approximate surface area is 112 Å². The molecule has 0 saturated carbocycles. The molecule has 2 aromatic rings. The largest absolute Gasteiger partial charge is 0.326 e. The summed E-state index contributed by atoms with van der Waals surface area (Å²) in [7, 11) is 1.92. The van der Waals surface area contributed by atoms with Crippen LogP contribution < -0.4 is 5.73 Å². The maximum Gasteiger partial charge on any atom is 0.0669 e. The Kier molecular flexibility index (Phi) is 4.38. The molecular weight excluding hydrogens is 244 g/mol. The van der Waals surface area contributed by atoms with Gasteiger partial charge in [0.2, 0.25) is 0 Å². The molecule has 0 radical (unpaired) electrons. The molecule has 2 atom stereocenters. The van der Waals surface area contributed by atoms with Gasteiger partial charge < -0.3 is 5.73 Å². The van der Waals surface area contributed by atoms with Crippen molar-refractivity contribution in [1.29, 1.82) is 0 Å². The lowest BCUT2D eigenvalue weighted by Crippen LogP contribution is -2.26. The fraction of sp³-hybridized carbons (Fsp3) is 0.385. The monoisotopic (exact) mass is 262 g/mol. The summed E-state index contributed by atoms with van der Waals surface area (Å²) < 4.78 is 1.80. The predicted molar refractivity (Wildman–Crippen MR) is 74.3 cm³/mol. The van der Waals surface area contributed by atoms with Gasteiger partial charge in [-0.2, -0.15) is 5.10 Å². The van der Waals surface area contributed by atoms with Crippen molar-refractivity contribution in [3.8, 4) is 0 Å². The number of thioether (sulfide) groups is 1. The third-order valence-electron chi connectivity index (χ3n) is 2.78. The van der Waals surface area contributed by atoms with E-state index in [0.717, 1.165) is 17.0 Å². The Morgan fingerprint density at radius 1 is 1.44 bits per heavy atom. The van der Waals surface area contributed by atoms with Crippen molar-refractivity contribution in [2.24, 2.45) is 12.8 Å². The molecule has 96 valence electrons. The van der Waals surface area contributed by atoms with Gasteiger partial charge in [0.1, 0.15) is 0 Å². The Hall–Kier alpha value is -1.33. The van der Waals surface area contributed by atoms with Gasteiger partial charge in [-0.1, -0.05) is 13.0 Å². The molecule has 2 heterocycles. The van der Waals surface area contributed by atoms with Crippen LogP contribution in [0.1, 0.15) is 24.3 Å². The molecule has 0 saturated heterocycles. The molecule has 4 nitrogen and oxygen atoms in total. The lowest BCUT2D eigenvalue weighted by atomic mass is 10.1. The summed E-state index contributed by atoms with van der Waals surface area (Å²) in [5, 5.41) is 4.35. The highest BCUT2D eigenvalue weighted by atomic mass is 32.2. The van der Waals surface area contributed by atoms with E-state index in [9.17, 15) is 0 Å². The first-order valence-corrected chi connectivity index (χ1v) is 6.90. The van der Waals surface area contributed by atoms with Gasteiger partial charge in [0.25, 0.3) is 0 Å². The third kappa shape index (κ3) is 3.11. The van der Waals surface area contributed by atoms with Crippen molar-refractivity contribution in [1.82, 2.24) is 14.8 Å². The Morgan fingerprint density at radius 3 is 2.83 bits per heavy atom. The van der Waals surface area contributed by atoms with E-state index >= 15 is 0 Å².